The second-order valence-electron chi connectivity index (χ2n) is 0. The van der Waals surface area contributed by atoms with Gasteiger partial charge in [0.05, 0.1) is 0 Å². The Hall–Kier alpha value is 2.51. The van der Waals surface area contributed by atoms with Crippen molar-refractivity contribution in [2.75, 3.05) is 0 Å². The molecule has 0 heterocycles. The molecule has 0 aromatic carbocycles. The minimum Gasteiger partial charge on any atom is 0 e. The predicted molar refractivity (Wildman–Crippen MR) is 0 cm³/mol. The maximum atomic E-state index is 0. The average Bonchev–Trinajstić information content (AvgIpc) is 0. The van der Waals surface area contributed by atoms with E-state index in [9.17, 15) is 0 Å². The summed E-state index contributed by atoms with van der Waals surface area (Å²) in [6, 6.07) is 0. The summed E-state index contributed by atoms with van der Waals surface area (Å²) >= 11 is 0. The summed E-state index contributed by atoms with van der Waals surface area (Å²) in [5.74, 6) is 0. The van der Waals surface area contributed by atoms with Gasteiger partial charge in [-0.3, -0.25) is 0 Å². The summed E-state index contributed by atoms with van der Waals surface area (Å²) in [5.41, 5.74) is 0. The van der Waals surface area contributed by atoms with Crippen molar-refractivity contribution in [3.8, 4) is 0 Å². The zero-order valence-electron chi connectivity index (χ0n) is 1.38. The standard InChI is InChI=1S/Ag.Co.Cu.Ta. The van der Waals surface area contributed by atoms with Gasteiger partial charge in [0.2, 0.25) is 0 Å². The molecule has 0 atom stereocenters. The van der Waals surface area contributed by atoms with Crippen LogP contribution < -0.4 is 0 Å². The first-order chi connectivity index (χ1) is 0. The van der Waals surface area contributed by atoms with Crippen LogP contribution in [0.4, 0.5) is 0 Å². The topological polar surface area (TPSA) is 0 Å². The molecule has 0 rings (SSSR count). The molecule has 0 unspecified atom stereocenters. The van der Waals surface area contributed by atoms with Crippen molar-refractivity contribution in [2.24, 2.45) is 0 Å². The van der Waals surface area contributed by atoms with Crippen LogP contribution in [0.5, 0.6) is 0 Å². The Kier molecular flexibility index (Phi) is 140. The summed E-state index contributed by atoms with van der Waals surface area (Å²) in [6.07, 6.45) is 0. The molecule has 0 amide bonds. The molecule has 0 aromatic heterocycles. The molecular formula is AgCoCuTa. The van der Waals surface area contributed by atoms with Crippen molar-refractivity contribution in [1.29, 1.82) is 0 Å². The van der Waals surface area contributed by atoms with E-state index in [1.807, 2.05) is 0 Å². The SMILES string of the molecule is [Ag].[Co].[Cu].[Ta]. The van der Waals surface area contributed by atoms with Crippen LogP contribution in [-0.4, -0.2) is 0 Å². The molecular weight excluding hydrogens is 411 g/mol. The van der Waals surface area contributed by atoms with E-state index in [-0.39, 0.29) is 78.6 Å². The normalized spacial score (nSPS) is 0. The Morgan fingerprint density at radius 3 is 1.00 bits per heavy atom. The van der Waals surface area contributed by atoms with Crippen LogP contribution >= 0.6 is 0 Å². The zero-order chi connectivity index (χ0) is 0. The molecule has 0 bridgehead atoms. The van der Waals surface area contributed by atoms with Gasteiger partial charge in [0.25, 0.3) is 0 Å². The third-order valence-electron chi connectivity index (χ3n) is 0. The molecule has 4 radical (unpaired) electrons. The van der Waals surface area contributed by atoms with Gasteiger partial charge in [0.15, 0.2) is 0 Å². The Labute approximate surface area is 77.6 Å². The first-order valence-electron chi connectivity index (χ1n) is 0. The van der Waals surface area contributed by atoms with E-state index in [2.05, 4.69) is 0 Å². The fraction of sp³-hybridized carbons (Fsp3) is 0. The predicted octanol–water partition coefficient (Wildman–Crippen LogP) is -0.0100. The van der Waals surface area contributed by atoms with E-state index in [0.29, 0.717) is 0 Å². The van der Waals surface area contributed by atoms with Crippen LogP contribution in [0.3, 0.4) is 0 Å². The largest absolute Gasteiger partial charge is 0 e. The van der Waals surface area contributed by atoms with Crippen LogP contribution in [-0.2, 0) is 78.6 Å². The first-order valence-corrected chi connectivity index (χ1v) is 0. The monoisotopic (exact) mass is 410 g/mol. The van der Waals surface area contributed by atoms with Crippen LogP contribution in [0.25, 0.3) is 0 Å². The van der Waals surface area contributed by atoms with Gasteiger partial charge < -0.3 is 0 Å². The van der Waals surface area contributed by atoms with Crippen molar-refractivity contribution in [3.63, 3.8) is 0 Å². The Balaban J connectivity index is 0. The second kappa shape index (κ2) is 17.8. The van der Waals surface area contributed by atoms with E-state index in [0.717, 1.165) is 0 Å². The fourth-order valence-electron chi connectivity index (χ4n) is 0. The maximum absolute atomic E-state index is 0. The van der Waals surface area contributed by atoms with Crippen molar-refractivity contribution >= 4 is 0 Å². The van der Waals surface area contributed by atoms with Crippen molar-refractivity contribution in [2.45, 2.75) is 0 Å². The molecule has 4 heteroatoms. The van der Waals surface area contributed by atoms with Crippen molar-refractivity contribution < 1.29 is 78.6 Å². The summed E-state index contributed by atoms with van der Waals surface area (Å²) in [7, 11) is 0. The molecule has 0 aliphatic rings. The molecule has 0 aliphatic carbocycles. The van der Waals surface area contributed by atoms with Crippen LogP contribution in [0, 0.1) is 0 Å². The fourth-order valence-corrected chi connectivity index (χ4v) is 0. The van der Waals surface area contributed by atoms with Crippen molar-refractivity contribution in [1.82, 2.24) is 0 Å². The van der Waals surface area contributed by atoms with Gasteiger partial charge in [-0.15, -0.1) is 0 Å². The number of hydrogen-bond donors (Lipinski definition) is 0. The Bertz CT molecular complexity index is 8.00. The minimum absolute atomic E-state index is 0. The van der Waals surface area contributed by atoms with Gasteiger partial charge in [-0.25, -0.2) is 0 Å². The summed E-state index contributed by atoms with van der Waals surface area (Å²) in [5, 5.41) is 0. The van der Waals surface area contributed by atoms with Gasteiger partial charge in [0.1, 0.15) is 0 Å². The molecule has 0 N–H and O–H groups in total. The molecule has 0 saturated carbocycles. The summed E-state index contributed by atoms with van der Waals surface area (Å²) in [6.45, 7) is 0. The van der Waals surface area contributed by atoms with Gasteiger partial charge in [-0.2, -0.15) is 0 Å². The van der Waals surface area contributed by atoms with Gasteiger partial charge in [0, 0.05) is 78.6 Å². The smallest absolute Gasteiger partial charge is 0 e. The number of rotatable bonds is 0. The first kappa shape index (κ1) is 31.4. The van der Waals surface area contributed by atoms with E-state index in [1.165, 1.54) is 0 Å². The molecule has 4 heavy (non-hydrogen) atoms. The van der Waals surface area contributed by atoms with E-state index >= 15 is 0 Å². The van der Waals surface area contributed by atoms with Gasteiger partial charge in [-0.1, -0.05) is 0 Å². The second-order valence-corrected chi connectivity index (χ2v) is 0. The van der Waals surface area contributed by atoms with Gasteiger partial charge >= 0.3 is 0 Å². The van der Waals surface area contributed by atoms with Gasteiger partial charge in [-0.05, 0) is 0 Å². The van der Waals surface area contributed by atoms with E-state index in [4.69, 9.17) is 0 Å². The third kappa shape index (κ3) is 8.82. The summed E-state index contributed by atoms with van der Waals surface area (Å²) in [4.78, 5) is 0. The average molecular weight is 411 g/mol. The maximum Gasteiger partial charge on any atom is 0 e. The van der Waals surface area contributed by atoms with Crippen molar-refractivity contribution in [3.05, 3.63) is 0 Å². The van der Waals surface area contributed by atoms with E-state index in [1.54, 1.807) is 0 Å². The zero-order valence-corrected chi connectivity index (χ0v) is 8.06. The van der Waals surface area contributed by atoms with E-state index < -0.39 is 0 Å². The molecule has 0 fully saturated rings. The molecule has 0 saturated heterocycles. The Morgan fingerprint density at radius 2 is 1.00 bits per heavy atom. The molecule has 0 aliphatic heterocycles. The quantitative estimate of drug-likeness (QED) is 0.492. The molecule has 36 valence electrons. The Morgan fingerprint density at radius 1 is 1.00 bits per heavy atom. The molecule has 0 nitrogen and oxygen atoms in total. The molecule has 0 spiro atoms. The van der Waals surface area contributed by atoms with Crippen LogP contribution in [0.2, 0.25) is 0 Å². The van der Waals surface area contributed by atoms with Crippen LogP contribution in [0.15, 0.2) is 0 Å². The molecule has 0 aromatic rings. The number of hydrogen-bond acceptors (Lipinski definition) is 0. The summed E-state index contributed by atoms with van der Waals surface area (Å²) < 4.78 is 0. The van der Waals surface area contributed by atoms with Crippen LogP contribution in [0.1, 0.15) is 0 Å². The minimum atomic E-state index is 0. The third-order valence-corrected chi connectivity index (χ3v) is 0.